The summed E-state index contributed by atoms with van der Waals surface area (Å²) in [4.78, 5) is 98.1. The fourth-order valence-corrected chi connectivity index (χ4v) is 5.59. The van der Waals surface area contributed by atoms with Crippen LogP contribution in [0, 0.1) is 0 Å². The molecule has 3 fully saturated rings. The number of aliphatic hydroxyl groups is 1. The molecule has 0 aromatic heterocycles. The number of rotatable bonds is 9. The second-order valence-electron chi connectivity index (χ2n) is 16.4. The van der Waals surface area contributed by atoms with Crippen molar-refractivity contribution in [1.82, 2.24) is 14.7 Å². The van der Waals surface area contributed by atoms with Crippen LogP contribution < -0.4 is 0 Å². The molecule has 21 heteroatoms. The normalized spacial score (nSPS) is 23.0. The number of hydrogen-bond acceptors (Lipinski definition) is 17. The molecular formula is C38H62FN3O17. The number of nitrogens with zero attached hydrogens (tertiary/aromatic N) is 3. The van der Waals surface area contributed by atoms with Gasteiger partial charge in [0.25, 0.3) is 11.8 Å². The zero-order chi connectivity index (χ0) is 45.6. The van der Waals surface area contributed by atoms with Crippen LogP contribution in [0.25, 0.3) is 0 Å². The summed E-state index contributed by atoms with van der Waals surface area (Å²) in [7, 11) is 3.61. The fraction of sp³-hybridized carbons (Fsp3) is 0.789. The number of imide groups is 2. The van der Waals surface area contributed by atoms with Gasteiger partial charge in [-0.2, -0.15) is 0 Å². The van der Waals surface area contributed by atoms with Crippen molar-refractivity contribution in [2.75, 3.05) is 47.8 Å². The van der Waals surface area contributed by atoms with Crippen molar-refractivity contribution in [1.29, 1.82) is 0 Å². The van der Waals surface area contributed by atoms with Crippen molar-refractivity contribution in [2.45, 2.75) is 148 Å². The van der Waals surface area contributed by atoms with Crippen LogP contribution in [0.1, 0.15) is 94.9 Å². The second kappa shape index (κ2) is 22.7. The predicted molar refractivity (Wildman–Crippen MR) is 202 cm³/mol. The maximum Gasteiger partial charge on any atom is 0.417 e. The third kappa shape index (κ3) is 16.5. The van der Waals surface area contributed by atoms with E-state index in [0.717, 1.165) is 18.4 Å². The van der Waals surface area contributed by atoms with Gasteiger partial charge in [0.1, 0.15) is 53.8 Å². The Hall–Kier alpha value is -4.63. The Morgan fingerprint density at radius 3 is 1.31 bits per heavy atom. The molecule has 0 aromatic carbocycles. The van der Waals surface area contributed by atoms with Gasteiger partial charge >= 0.3 is 36.2 Å². The molecule has 6 atom stereocenters. The summed E-state index contributed by atoms with van der Waals surface area (Å²) in [6.07, 6.45) is -4.07. The fourth-order valence-electron chi connectivity index (χ4n) is 5.59. The van der Waals surface area contributed by atoms with Crippen LogP contribution >= 0.6 is 0 Å². The van der Waals surface area contributed by atoms with Crippen LogP contribution in [-0.2, 0) is 61.9 Å². The van der Waals surface area contributed by atoms with Gasteiger partial charge in [-0.15, -0.1) is 0 Å². The topological polar surface area (TPSA) is 240 Å². The van der Waals surface area contributed by atoms with Crippen molar-refractivity contribution in [2.24, 2.45) is 0 Å². The van der Waals surface area contributed by atoms with Gasteiger partial charge in [-0.05, 0) is 68.7 Å². The molecule has 3 heterocycles. The molecule has 0 aromatic rings. The predicted octanol–water partition coefficient (Wildman–Crippen LogP) is 3.07. The first-order valence-electron chi connectivity index (χ1n) is 19.0. The number of likely N-dealkylation sites (tertiary alicyclic amines) is 3. The molecule has 0 saturated carbocycles. The monoisotopic (exact) mass is 850 g/mol. The maximum absolute atomic E-state index is 12.3. The molecule has 3 rings (SSSR count). The number of halogens is 1. The van der Waals surface area contributed by atoms with E-state index in [1.165, 1.54) is 19.1 Å². The summed E-state index contributed by atoms with van der Waals surface area (Å²) < 4.78 is 51.8. The van der Waals surface area contributed by atoms with Crippen molar-refractivity contribution >= 4 is 48.0 Å². The summed E-state index contributed by atoms with van der Waals surface area (Å²) in [6.45, 7) is 16.5. The molecule has 20 nitrogen and oxygen atoms in total. The number of esters is 3. The molecule has 338 valence electrons. The highest BCUT2D eigenvalue weighted by molar-refractivity contribution is 6.02. The minimum atomic E-state index is -1.12. The first-order chi connectivity index (χ1) is 27.2. The smallest absolute Gasteiger partial charge is 0.417 e. The Morgan fingerprint density at radius 1 is 0.610 bits per heavy atom. The van der Waals surface area contributed by atoms with Crippen LogP contribution in [0.4, 0.5) is 18.8 Å². The highest BCUT2D eigenvalue weighted by Crippen LogP contribution is 2.27. The molecule has 1 N–H and O–H groups in total. The Balaban J connectivity index is 0.000000445. The van der Waals surface area contributed by atoms with Crippen LogP contribution in [-0.4, -0.2) is 169 Å². The molecule has 3 aliphatic rings. The number of alkyl halides is 1. The highest BCUT2D eigenvalue weighted by atomic mass is 18.2. The zero-order valence-electron chi connectivity index (χ0n) is 36.3. The Kier molecular flexibility index (Phi) is 20.1. The molecule has 0 bridgehead atoms. The van der Waals surface area contributed by atoms with E-state index in [-0.39, 0.29) is 32.4 Å². The molecule has 3 aliphatic heterocycles. The number of carbonyl (C=O) groups excluding carboxylic acids is 8. The van der Waals surface area contributed by atoms with Gasteiger partial charge in [-0.3, -0.25) is 14.5 Å². The number of aliphatic hydroxyl groups excluding tert-OH is 1. The highest BCUT2D eigenvalue weighted by Gasteiger charge is 2.51. The molecule has 6 unspecified atom stereocenters. The van der Waals surface area contributed by atoms with E-state index >= 15 is 0 Å². The third-order valence-electron chi connectivity index (χ3n) is 7.95. The molecule has 0 radical (unpaired) electrons. The van der Waals surface area contributed by atoms with Crippen molar-refractivity contribution in [3.8, 4) is 0 Å². The molecule has 0 spiro atoms. The van der Waals surface area contributed by atoms with Gasteiger partial charge in [0.15, 0.2) is 0 Å². The van der Waals surface area contributed by atoms with E-state index in [4.69, 9.17) is 23.7 Å². The standard InChI is InChI=1S/C14H23NO6.C13H20FNO6.C11H19NO5/c1-6-7-20-10-8-9(12(17)19-5)15(11(10)16)13(18)21-14(2,3)4;1-13(2,3)21-12(18)15-8(11(17)19-4)7-9(10(15)16)20-6-5-14;1-11(2,3)17-10(15)12-6-7(13)5-8(12)9(14)16-4/h9-10H,6-8H2,1-5H3;8-9H,5-7H2,1-4H3;7-8,13H,5-6H2,1-4H3/i;14-1;. The van der Waals surface area contributed by atoms with Gasteiger partial charge < -0.3 is 43.0 Å². The number of ether oxygens (including phenoxy) is 8. The van der Waals surface area contributed by atoms with Gasteiger partial charge in [0.2, 0.25) is 0 Å². The van der Waals surface area contributed by atoms with E-state index in [9.17, 15) is 47.9 Å². The third-order valence-corrected chi connectivity index (χ3v) is 7.95. The van der Waals surface area contributed by atoms with E-state index in [1.54, 1.807) is 62.3 Å². The van der Waals surface area contributed by atoms with E-state index in [0.29, 0.717) is 11.5 Å². The van der Waals surface area contributed by atoms with Crippen molar-refractivity contribution in [3.05, 3.63) is 0 Å². The van der Waals surface area contributed by atoms with Crippen molar-refractivity contribution < 1.29 is 85.7 Å². The summed E-state index contributed by atoms with van der Waals surface area (Å²) in [5, 5.41) is 9.50. The number of carbonyl (C=O) groups is 8. The van der Waals surface area contributed by atoms with Crippen LogP contribution in [0.3, 0.4) is 0 Å². The minimum absolute atomic E-state index is 0.0786. The second-order valence-corrected chi connectivity index (χ2v) is 16.4. The SMILES string of the molecule is CCCOC1CC(C(=O)OC)N(C(=O)OC(C)(C)C)C1=O.COC(=O)C1CC(O)CN1C(=O)OC(C)(C)C.COC(=O)C1CC(OCC[18F])C(=O)N1C(=O)OC(C)(C)C. The lowest BCUT2D eigenvalue weighted by Gasteiger charge is -2.27. The van der Waals surface area contributed by atoms with Gasteiger partial charge in [-0.1, -0.05) is 6.92 Å². The van der Waals surface area contributed by atoms with Crippen LogP contribution in [0.15, 0.2) is 0 Å². The van der Waals surface area contributed by atoms with Gasteiger partial charge in [0.05, 0.1) is 40.6 Å². The zero-order valence-corrected chi connectivity index (χ0v) is 36.3. The van der Waals surface area contributed by atoms with Gasteiger partial charge in [0, 0.05) is 25.9 Å². The Bertz CT molecular complexity index is 1410. The molecule has 0 aliphatic carbocycles. The Labute approximate surface area is 344 Å². The summed E-state index contributed by atoms with van der Waals surface area (Å²) >= 11 is 0. The lowest BCUT2D eigenvalue weighted by Crippen LogP contribution is -2.46. The summed E-state index contributed by atoms with van der Waals surface area (Å²) in [6, 6.07) is -2.88. The maximum atomic E-state index is 12.3. The largest absolute Gasteiger partial charge is 0.467 e. The molecule has 3 saturated heterocycles. The lowest BCUT2D eigenvalue weighted by molar-refractivity contribution is -0.149. The van der Waals surface area contributed by atoms with E-state index in [1.807, 2.05) is 6.92 Å². The van der Waals surface area contributed by atoms with E-state index < -0.39 is 108 Å². The van der Waals surface area contributed by atoms with Crippen molar-refractivity contribution in [3.63, 3.8) is 0 Å². The van der Waals surface area contributed by atoms with Crippen LogP contribution in [0.5, 0.6) is 0 Å². The first kappa shape index (κ1) is 52.4. The van der Waals surface area contributed by atoms with Crippen LogP contribution in [0.2, 0.25) is 0 Å². The minimum Gasteiger partial charge on any atom is -0.467 e. The number of amides is 5. The average Bonchev–Trinajstić information content (AvgIpc) is 3.79. The number of methoxy groups -OCH3 is 3. The molecule has 5 amide bonds. The van der Waals surface area contributed by atoms with Gasteiger partial charge in [-0.25, -0.2) is 43.0 Å². The summed E-state index contributed by atoms with van der Waals surface area (Å²) in [5.74, 6) is -3.23. The molecular weight excluding hydrogens is 788 g/mol. The summed E-state index contributed by atoms with van der Waals surface area (Å²) in [5.41, 5.74) is -2.22. The number of hydrogen-bond donors (Lipinski definition) is 1. The first-order valence-corrected chi connectivity index (χ1v) is 19.0. The number of β-amino-alcohol motifs (C(OH)–C–C–N with tert-alkyl or cyclic N) is 1. The lowest BCUT2D eigenvalue weighted by atomic mass is 10.2. The molecule has 59 heavy (non-hydrogen) atoms. The quantitative estimate of drug-likeness (QED) is 0.259. The average molecular weight is 851 g/mol. The van der Waals surface area contributed by atoms with E-state index in [2.05, 4.69) is 14.2 Å². The Morgan fingerprint density at radius 2 is 0.966 bits per heavy atom.